The van der Waals surface area contributed by atoms with Crippen LogP contribution in [0.25, 0.3) is 21.9 Å². The van der Waals surface area contributed by atoms with Gasteiger partial charge in [0.15, 0.2) is 0 Å². The lowest BCUT2D eigenvalue weighted by Crippen LogP contribution is -2.18. The predicted molar refractivity (Wildman–Crippen MR) is 143 cm³/mol. The Morgan fingerprint density at radius 1 is 0.853 bits per heavy atom. The van der Waals surface area contributed by atoms with E-state index in [0.717, 1.165) is 43.2 Å². The summed E-state index contributed by atoms with van der Waals surface area (Å²) in [6, 6.07) is 33.5. The largest absolute Gasteiger partial charge is 0.369 e. The number of hydrogen-bond donors (Lipinski definition) is 0. The minimum Gasteiger partial charge on any atom is -0.369 e. The molecule has 166 valence electrons. The molecule has 5 rings (SSSR count). The third-order valence-corrected chi connectivity index (χ3v) is 7.19. The van der Waals surface area contributed by atoms with Gasteiger partial charge in [-0.2, -0.15) is 5.26 Å². The molecule has 0 fully saturated rings. The molecule has 4 aromatic carbocycles. The lowest BCUT2D eigenvalue weighted by atomic mass is 9.93. The van der Waals surface area contributed by atoms with E-state index in [1.807, 2.05) is 30.3 Å². The summed E-state index contributed by atoms with van der Waals surface area (Å²) in [4.78, 5) is 0. The molecule has 0 bridgehead atoms. The number of ether oxygens (including phenoxy) is 1. The smallest absolute Gasteiger partial charge is 0.0998 e. The standard InChI is InChI=1S/C31H26NOP/c32-20-26-16-15-24(18-30(26)29-14-6-11-25-10-4-5-13-28(25)29)21-33-31(27-12-7-17-34-22-27)19-23-8-2-1-3-9-23/h1-16,18,22,31,34H,17,19,21H2. The van der Waals surface area contributed by atoms with Gasteiger partial charge < -0.3 is 4.74 Å². The maximum Gasteiger partial charge on any atom is 0.0998 e. The van der Waals surface area contributed by atoms with Crippen molar-refractivity contribution in [1.29, 1.82) is 5.26 Å². The van der Waals surface area contributed by atoms with Crippen LogP contribution in [0.3, 0.4) is 0 Å². The van der Waals surface area contributed by atoms with Gasteiger partial charge in [0.25, 0.3) is 0 Å². The summed E-state index contributed by atoms with van der Waals surface area (Å²) in [5, 5.41) is 12.1. The minimum atomic E-state index is 0.00287. The molecule has 2 atom stereocenters. The molecule has 0 saturated heterocycles. The number of nitrogens with zero attached hydrogens (tertiary/aromatic N) is 1. The lowest BCUT2D eigenvalue weighted by Gasteiger charge is -2.22. The summed E-state index contributed by atoms with van der Waals surface area (Å²) in [6.45, 7) is 0.495. The van der Waals surface area contributed by atoms with Crippen LogP contribution < -0.4 is 0 Å². The summed E-state index contributed by atoms with van der Waals surface area (Å²) >= 11 is 0. The highest BCUT2D eigenvalue weighted by molar-refractivity contribution is 7.42. The van der Waals surface area contributed by atoms with E-state index in [1.165, 1.54) is 16.5 Å². The van der Waals surface area contributed by atoms with Crippen LogP contribution in [0.2, 0.25) is 0 Å². The van der Waals surface area contributed by atoms with Crippen molar-refractivity contribution in [3.63, 3.8) is 0 Å². The van der Waals surface area contributed by atoms with Crippen LogP contribution in [-0.4, -0.2) is 12.3 Å². The summed E-state index contributed by atoms with van der Waals surface area (Å²) in [5.41, 5.74) is 6.32. The van der Waals surface area contributed by atoms with Crippen LogP contribution in [0.4, 0.5) is 0 Å². The first-order chi connectivity index (χ1) is 16.8. The number of allylic oxidation sites excluding steroid dienone is 1. The van der Waals surface area contributed by atoms with Crippen molar-refractivity contribution in [3.8, 4) is 17.2 Å². The molecule has 0 saturated carbocycles. The molecule has 1 heterocycles. The second kappa shape index (κ2) is 10.6. The Labute approximate surface area is 203 Å². The highest BCUT2D eigenvalue weighted by Crippen LogP contribution is 2.32. The van der Waals surface area contributed by atoms with Crippen LogP contribution in [0.15, 0.2) is 115 Å². The Kier molecular flexibility index (Phi) is 6.97. The Hall–Kier alpha value is -3.50. The number of fused-ring (bicyclic) bond motifs is 1. The van der Waals surface area contributed by atoms with Crippen LogP contribution in [0.1, 0.15) is 16.7 Å². The van der Waals surface area contributed by atoms with E-state index in [0.29, 0.717) is 12.2 Å². The van der Waals surface area contributed by atoms with Gasteiger partial charge in [-0.25, -0.2) is 0 Å². The van der Waals surface area contributed by atoms with E-state index in [4.69, 9.17) is 4.74 Å². The maximum absolute atomic E-state index is 9.80. The second-order valence-corrected chi connectivity index (χ2v) is 9.57. The van der Waals surface area contributed by atoms with E-state index < -0.39 is 0 Å². The van der Waals surface area contributed by atoms with Crippen molar-refractivity contribution in [2.45, 2.75) is 19.1 Å². The van der Waals surface area contributed by atoms with Gasteiger partial charge in [0, 0.05) is 12.0 Å². The topological polar surface area (TPSA) is 33.0 Å². The average Bonchev–Trinajstić information content (AvgIpc) is 2.91. The molecule has 0 N–H and O–H groups in total. The first kappa shape index (κ1) is 22.3. The Morgan fingerprint density at radius 2 is 1.68 bits per heavy atom. The highest BCUT2D eigenvalue weighted by Gasteiger charge is 2.17. The van der Waals surface area contributed by atoms with Gasteiger partial charge in [0.2, 0.25) is 0 Å². The molecule has 4 aromatic rings. The number of rotatable bonds is 7. The van der Waals surface area contributed by atoms with Gasteiger partial charge in [0.05, 0.1) is 24.3 Å². The average molecular weight is 460 g/mol. The lowest BCUT2D eigenvalue weighted by molar-refractivity contribution is 0.0670. The number of hydrogen-bond acceptors (Lipinski definition) is 2. The molecule has 1 aliphatic rings. The number of nitriles is 1. The third kappa shape index (κ3) is 5.02. The molecular formula is C31H26NOP. The zero-order chi connectivity index (χ0) is 23.2. The summed E-state index contributed by atoms with van der Waals surface area (Å²) in [6.07, 6.45) is 6.42. The van der Waals surface area contributed by atoms with Crippen molar-refractivity contribution < 1.29 is 4.74 Å². The van der Waals surface area contributed by atoms with Gasteiger partial charge >= 0.3 is 0 Å². The molecule has 0 spiro atoms. The number of benzene rings is 4. The third-order valence-electron chi connectivity index (χ3n) is 6.19. The van der Waals surface area contributed by atoms with Crippen LogP contribution in [0, 0.1) is 11.3 Å². The van der Waals surface area contributed by atoms with E-state index in [2.05, 4.69) is 84.7 Å². The monoisotopic (exact) mass is 459 g/mol. The van der Waals surface area contributed by atoms with Crippen molar-refractivity contribution in [2.75, 3.05) is 6.16 Å². The van der Waals surface area contributed by atoms with Gasteiger partial charge in [-0.05, 0) is 51.3 Å². The van der Waals surface area contributed by atoms with E-state index in [1.54, 1.807) is 0 Å². The molecule has 0 aromatic heterocycles. The van der Waals surface area contributed by atoms with Crippen molar-refractivity contribution in [3.05, 3.63) is 131 Å². The van der Waals surface area contributed by atoms with Crippen molar-refractivity contribution in [2.24, 2.45) is 0 Å². The highest BCUT2D eigenvalue weighted by atomic mass is 31.1. The fraction of sp³-hybridized carbons (Fsp3) is 0.129. The van der Waals surface area contributed by atoms with Gasteiger partial charge in [0.1, 0.15) is 0 Å². The summed E-state index contributed by atoms with van der Waals surface area (Å²) in [7, 11) is 0.809. The molecule has 3 heteroatoms. The quantitative estimate of drug-likeness (QED) is 0.266. The minimum absolute atomic E-state index is 0.00287. The van der Waals surface area contributed by atoms with Gasteiger partial charge in [-0.15, -0.1) is 0 Å². The zero-order valence-electron chi connectivity index (χ0n) is 18.9. The Morgan fingerprint density at radius 3 is 2.50 bits per heavy atom. The Bertz CT molecular complexity index is 1390. The molecular weight excluding hydrogens is 433 g/mol. The first-order valence-corrected chi connectivity index (χ1v) is 12.9. The first-order valence-electron chi connectivity index (χ1n) is 11.6. The van der Waals surface area contributed by atoms with Crippen LogP contribution in [0.5, 0.6) is 0 Å². The van der Waals surface area contributed by atoms with Crippen LogP contribution in [-0.2, 0) is 17.8 Å². The SMILES string of the molecule is N#Cc1ccc(COC(Cc2ccccc2)C2=CPCC=C2)cc1-c1cccc2ccccc12. The summed E-state index contributed by atoms with van der Waals surface area (Å²) in [5.74, 6) is 2.33. The zero-order valence-corrected chi connectivity index (χ0v) is 19.9. The second-order valence-electron chi connectivity index (χ2n) is 8.46. The van der Waals surface area contributed by atoms with E-state index in [9.17, 15) is 5.26 Å². The predicted octanol–water partition coefficient (Wildman–Crippen LogP) is 7.64. The molecule has 34 heavy (non-hydrogen) atoms. The van der Waals surface area contributed by atoms with Crippen LogP contribution >= 0.6 is 8.58 Å². The molecule has 1 aliphatic heterocycles. The van der Waals surface area contributed by atoms with Gasteiger partial charge in [-0.1, -0.05) is 105 Å². The van der Waals surface area contributed by atoms with Crippen molar-refractivity contribution >= 4 is 19.4 Å². The van der Waals surface area contributed by atoms with Gasteiger partial charge in [-0.3, -0.25) is 0 Å². The molecule has 0 radical (unpaired) electrons. The fourth-order valence-corrected chi connectivity index (χ4v) is 5.34. The van der Waals surface area contributed by atoms with Crippen molar-refractivity contribution in [1.82, 2.24) is 0 Å². The molecule has 2 nitrogen and oxygen atoms in total. The fourth-order valence-electron chi connectivity index (χ4n) is 4.45. The van der Waals surface area contributed by atoms with E-state index in [-0.39, 0.29) is 6.10 Å². The van der Waals surface area contributed by atoms with E-state index >= 15 is 0 Å². The molecule has 0 amide bonds. The Balaban J connectivity index is 1.44. The summed E-state index contributed by atoms with van der Waals surface area (Å²) < 4.78 is 6.53. The maximum atomic E-state index is 9.80. The molecule has 2 unspecified atom stereocenters. The normalized spacial score (nSPS) is 14.6. The molecule has 0 aliphatic carbocycles.